The van der Waals surface area contributed by atoms with Crippen molar-refractivity contribution < 1.29 is 22.3 Å². The summed E-state index contributed by atoms with van der Waals surface area (Å²) in [6, 6.07) is 10.5. The van der Waals surface area contributed by atoms with Gasteiger partial charge in [0.25, 0.3) is 0 Å². The number of methoxy groups -OCH3 is 2. The van der Waals surface area contributed by atoms with Crippen molar-refractivity contribution in [3.05, 3.63) is 53.8 Å². The predicted molar refractivity (Wildman–Crippen MR) is 101 cm³/mol. The maximum Gasteiger partial charge on any atom is 0.247 e. The molecule has 27 heavy (non-hydrogen) atoms. The molecule has 0 amide bonds. The molecule has 2 aromatic rings. The van der Waals surface area contributed by atoms with Gasteiger partial charge in [0.15, 0.2) is 0 Å². The molecule has 0 N–H and O–H groups in total. The summed E-state index contributed by atoms with van der Waals surface area (Å²) in [6.45, 7) is 0.379. The smallest absolute Gasteiger partial charge is 0.247 e. The van der Waals surface area contributed by atoms with Crippen LogP contribution in [0.4, 0.5) is 4.39 Å². The van der Waals surface area contributed by atoms with E-state index in [1.165, 1.54) is 36.7 Å². The molecule has 5 nitrogen and oxygen atoms in total. The van der Waals surface area contributed by atoms with Crippen molar-refractivity contribution in [1.29, 1.82) is 0 Å². The zero-order valence-electron chi connectivity index (χ0n) is 15.5. The van der Waals surface area contributed by atoms with Gasteiger partial charge in [-0.2, -0.15) is 4.31 Å². The van der Waals surface area contributed by atoms with Crippen LogP contribution in [0.15, 0.2) is 47.4 Å². The molecule has 1 atom stereocenters. The van der Waals surface area contributed by atoms with E-state index in [4.69, 9.17) is 9.47 Å². The first-order chi connectivity index (χ1) is 13.0. The lowest BCUT2D eigenvalue weighted by Gasteiger charge is -2.30. The van der Waals surface area contributed by atoms with Crippen LogP contribution in [0.5, 0.6) is 11.5 Å². The van der Waals surface area contributed by atoms with Gasteiger partial charge in [0.2, 0.25) is 10.0 Å². The summed E-state index contributed by atoms with van der Waals surface area (Å²) in [4.78, 5) is 0.0626. The lowest BCUT2D eigenvalue weighted by atomic mass is 10.0. The monoisotopic (exact) mass is 393 g/mol. The third-order valence-corrected chi connectivity index (χ3v) is 6.82. The molecular weight excluding hydrogens is 369 g/mol. The van der Waals surface area contributed by atoms with Crippen molar-refractivity contribution in [1.82, 2.24) is 4.31 Å². The molecule has 0 radical (unpaired) electrons. The molecule has 7 heteroatoms. The van der Waals surface area contributed by atoms with E-state index in [0.29, 0.717) is 24.3 Å². The highest BCUT2D eigenvalue weighted by atomic mass is 32.2. The highest BCUT2D eigenvalue weighted by Gasteiger charge is 2.35. The Bertz CT molecular complexity index is 901. The topological polar surface area (TPSA) is 55.8 Å². The molecule has 146 valence electrons. The molecule has 1 heterocycles. The van der Waals surface area contributed by atoms with Crippen LogP contribution in [0.25, 0.3) is 0 Å². The van der Waals surface area contributed by atoms with E-state index in [2.05, 4.69) is 0 Å². The largest absolute Gasteiger partial charge is 0.497 e. The lowest BCUT2D eigenvalue weighted by molar-refractivity contribution is 0.324. The SMILES string of the molecule is COc1ccc(OC)c(S(=O)(=O)N2CCCCC[C@@H]2c2cccc(F)c2)c1. The van der Waals surface area contributed by atoms with Crippen molar-refractivity contribution in [2.75, 3.05) is 20.8 Å². The number of nitrogens with zero attached hydrogens (tertiary/aromatic N) is 1. The third-order valence-electron chi connectivity index (χ3n) is 4.89. The fraction of sp³-hybridized carbons (Fsp3) is 0.400. The Hall–Kier alpha value is -2.12. The minimum absolute atomic E-state index is 0.0626. The first-order valence-corrected chi connectivity index (χ1v) is 10.4. The van der Waals surface area contributed by atoms with Gasteiger partial charge >= 0.3 is 0 Å². The standard InChI is InChI=1S/C20H24FNO4S/c1-25-17-10-11-19(26-2)20(14-17)27(23,24)22-12-5-3-4-9-18(22)15-7-6-8-16(21)13-15/h6-8,10-11,13-14,18H,3-5,9,12H2,1-2H3/t18-/m1/s1. The van der Waals surface area contributed by atoms with Crippen LogP contribution in [0.3, 0.4) is 0 Å². The Morgan fingerprint density at radius 1 is 1.04 bits per heavy atom. The molecule has 1 aliphatic rings. The molecule has 0 spiro atoms. The summed E-state index contributed by atoms with van der Waals surface area (Å²) in [5.74, 6) is 0.331. The number of sulfonamides is 1. The summed E-state index contributed by atoms with van der Waals surface area (Å²) < 4.78 is 52.9. The molecule has 0 saturated carbocycles. The Labute approximate surface area is 159 Å². The Morgan fingerprint density at radius 3 is 2.56 bits per heavy atom. The molecular formula is C20H24FNO4S. The zero-order chi connectivity index (χ0) is 19.4. The van der Waals surface area contributed by atoms with E-state index >= 15 is 0 Å². The second-order valence-corrected chi connectivity index (χ2v) is 8.41. The summed E-state index contributed by atoms with van der Waals surface area (Å²) in [5, 5.41) is 0. The van der Waals surface area contributed by atoms with E-state index in [1.807, 2.05) is 0 Å². The number of halogens is 1. The fourth-order valence-corrected chi connectivity index (χ4v) is 5.38. The maximum absolute atomic E-state index is 13.8. The van der Waals surface area contributed by atoms with Crippen molar-refractivity contribution in [3.63, 3.8) is 0 Å². The molecule has 3 rings (SSSR count). The first kappa shape index (κ1) is 19.6. The van der Waals surface area contributed by atoms with E-state index in [-0.39, 0.29) is 16.5 Å². The third kappa shape index (κ3) is 4.09. The van der Waals surface area contributed by atoms with Gasteiger partial charge < -0.3 is 9.47 Å². The van der Waals surface area contributed by atoms with Gasteiger partial charge in [0, 0.05) is 12.6 Å². The van der Waals surface area contributed by atoms with Gasteiger partial charge in [-0.15, -0.1) is 0 Å². The molecule has 1 aliphatic heterocycles. The molecule has 0 bridgehead atoms. The van der Waals surface area contributed by atoms with E-state index < -0.39 is 16.1 Å². The van der Waals surface area contributed by atoms with Crippen molar-refractivity contribution in [2.45, 2.75) is 36.6 Å². The normalized spacial score (nSPS) is 18.7. The number of rotatable bonds is 5. The summed E-state index contributed by atoms with van der Waals surface area (Å²) in [7, 11) is -0.941. The predicted octanol–water partition coefficient (Wildman–Crippen LogP) is 4.15. The second kappa shape index (κ2) is 8.27. The minimum atomic E-state index is -3.86. The number of ether oxygens (including phenoxy) is 2. The molecule has 0 unspecified atom stereocenters. The second-order valence-electron chi connectivity index (χ2n) is 6.55. The number of hydrogen-bond acceptors (Lipinski definition) is 4. The summed E-state index contributed by atoms with van der Waals surface area (Å²) in [6.07, 6.45) is 3.24. The van der Waals surface area contributed by atoms with Crippen molar-refractivity contribution in [3.8, 4) is 11.5 Å². The Kier molecular flexibility index (Phi) is 6.01. The van der Waals surface area contributed by atoms with E-state index in [0.717, 1.165) is 19.3 Å². The summed E-state index contributed by atoms with van der Waals surface area (Å²) in [5.41, 5.74) is 0.669. The van der Waals surface area contributed by atoms with Crippen LogP contribution in [0, 0.1) is 5.82 Å². The highest BCUT2D eigenvalue weighted by Crippen LogP contribution is 2.38. The van der Waals surface area contributed by atoms with Gasteiger partial charge in [-0.1, -0.05) is 25.0 Å². The Balaban J connectivity index is 2.09. The summed E-state index contributed by atoms with van der Waals surface area (Å²) >= 11 is 0. The Morgan fingerprint density at radius 2 is 1.85 bits per heavy atom. The van der Waals surface area contributed by atoms with E-state index in [1.54, 1.807) is 24.3 Å². The quantitative estimate of drug-likeness (QED) is 0.766. The van der Waals surface area contributed by atoms with Crippen LogP contribution >= 0.6 is 0 Å². The first-order valence-electron chi connectivity index (χ1n) is 8.96. The molecule has 0 aromatic heterocycles. The van der Waals surface area contributed by atoms with Gasteiger partial charge in [-0.05, 0) is 42.7 Å². The van der Waals surface area contributed by atoms with E-state index in [9.17, 15) is 12.8 Å². The van der Waals surface area contributed by atoms with Gasteiger partial charge in [0.1, 0.15) is 22.2 Å². The fourth-order valence-electron chi connectivity index (χ4n) is 3.53. The number of hydrogen-bond donors (Lipinski definition) is 0. The lowest BCUT2D eigenvalue weighted by Crippen LogP contribution is -2.35. The molecule has 1 saturated heterocycles. The molecule has 1 fully saturated rings. The van der Waals surface area contributed by atoms with Crippen molar-refractivity contribution in [2.24, 2.45) is 0 Å². The molecule has 0 aliphatic carbocycles. The van der Waals surface area contributed by atoms with Crippen LogP contribution in [0.2, 0.25) is 0 Å². The highest BCUT2D eigenvalue weighted by molar-refractivity contribution is 7.89. The average Bonchev–Trinajstić information content (AvgIpc) is 2.94. The maximum atomic E-state index is 13.8. The average molecular weight is 393 g/mol. The van der Waals surface area contributed by atoms with Gasteiger partial charge in [-0.25, -0.2) is 12.8 Å². The van der Waals surface area contributed by atoms with Crippen molar-refractivity contribution >= 4 is 10.0 Å². The van der Waals surface area contributed by atoms with Crippen LogP contribution in [-0.4, -0.2) is 33.5 Å². The van der Waals surface area contributed by atoms with Crippen LogP contribution in [-0.2, 0) is 10.0 Å². The van der Waals surface area contributed by atoms with Gasteiger partial charge in [-0.3, -0.25) is 0 Å². The van der Waals surface area contributed by atoms with Gasteiger partial charge in [0.05, 0.1) is 20.3 Å². The van der Waals surface area contributed by atoms with Crippen LogP contribution < -0.4 is 9.47 Å². The van der Waals surface area contributed by atoms with Crippen LogP contribution in [0.1, 0.15) is 37.3 Å². The molecule has 2 aromatic carbocycles. The minimum Gasteiger partial charge on any atom is -0.497 e. The zero-order valence-corrected chi connectivity index (χ0v) is 16.3. The number of benzene rings is 2.